The molecule has 0 aromatic heterocycles. The van der Waals surface area contributed by atoms with Crippen molar-refractivity contribution in [3.05, 3.63) is 62.0 Å². The van der Waals surface area contributed by atoms with Gasteiger partial charge >= 0.3 is 0 Å². The summed E-state index contributed by atoms with van der Waals surface area (Å²) in [7, 11) is 0. The molecule has 0 bridgehead atoms. The third kappa shape index (κ3) is 7.39. The van der Waals surface area contributed by atoms with Gasteiger partial charge in [-0.15, -0.1) is 0 Å². The van der Waals surface area contributed by atoms with E-state index in [4.69, 9.17) is 27.9 Å². The van der Waals surface area contributed by atoms with Gasteiger partial charge in [0.2, 0.25) is 5.91 Å². The number of benzene rings is 2. The highest BCUT2D eigenvalue weighted by atomic mass is 79.9. The van der Waals surface area contributed by atoms with Crippen molar-refractivity contribution in [2.24, 2.45) is 0 Å². The molecule has 0 spiro atoms. The number of halogens is 3. The summed E-state index contributed by atoms with van der Waals surface area (Å²) in [5, 5.41) is 3.76. The molecule has 5 nitrogen and oxygen atoms in total. The van der Waals surface area contributed by atoms with Crippen molar-refractivity contribution in [3.63, 3.8) is 0 Å². The number of carbonyl (C=O) groups excluding carboxylic acids is 2. The molecule has 2 atom stereocenters. The second kappa shape index (κ2) is 12.5. The lowest BCUT2D eigenvalue weighted by Crippen LogP contribution is -2.50. The zero-order chi connectivity index (χ0) is 23.8. The quantitative estimate of drug-likeness (QED) is 0.398. The van der Waals surface area contributed by atoms with Gasteiger partial charge in [-0.25, -0.2) is 0 Å². The van der Waals surface area contributed by atoms with Gasteiger partial charge in [0.05, 0.1) is 14.5 Å². The van der Waals surface area contributed by atoms with Gasteiger partial charge < -0.3 is 15.0 Å². The Morgan fingerprint density at radius 3 is 2.34 bits per heavy atom. The monoisotopic (exact) mass is 542 g/mol. The van der Waals surface area contributed by atoms with Gasteiger partial charge in [0.1, 0.15) is 11.8 Å². The highest BCUT2D eigenvalue weighted by Crippen LogP contribution is 2.27. The van der Waals surface area contributed by atoms with E-state index in [1.807, 2.05) is 32.0 Å². The molecule has 1 N–H and O–H groups in total. The van der Waals surface area contributed by atoms with Crippen LogP contribution in [-0.2, 0) is 22.6 Å². The van der Waals surface area contributed by atoms with E-state index in [-0.39, 0.29) is 31.0 Å². The lowest BCUT2D eigenvalue weighted by Gasteiger charge is -2.29. The normalized spacial score (nSPS) is 12.7. The smallest absolute Gasteiger partial charge is 0.261 e. The molecule has 0 aliphatic carbocycles. The van der Waals surface area contributed by atoms with E-state index in [1.165, 1.54) is 4.90 Å². The van der Waals surface area contributed by atoms with Crippen LogP contribution in [0.5, 0.6) is 5.75 Å². The number of carbonyl (C=O) groups is 2. The van der Waals surface area contributed by atoms with E-state index in [0.29, 0.717) is 15.8 Å². The summed E-state index contributed by atoms with van der Waals surface area (Å²) in [6.45, 7) is 7.69. The summed E-state index contributed by atoms with van der Waals surface area (Å²) in [4.78, 5) is 27.4. The molecule has 0 saturated carbocycles. The highest BCUT2D eigenvalue weighted by molar-refractivity contribution is 9.10. The van der Waals surface area contributed by atoms with Crippen molar-refractivity contribution in [3.8, 4) is 5.75 Å². The maximum atomic E-state index is 13.2. The number of nitrogens with one attached hydrogen (secondary N) is 1. The van der Waals surface area contributed by atoms with Gasteiger partial charge in [0, 0.05) is 12.6 Å². The Morgan fingerprint density at radius 2 is 1.75 bits per heavy atom. The molecular weight excluding hydrogens is 515 g/mol. The maximum absolute atomic E-state index is 13.2. The van der Waals surface area contributed by atoms with E-state index in [9.17, 15) is 9.59 Å². The minimum atomic E-state index is -0.694. The Morgan fingerprint density at radius 1 is 1.06 bits per heavy atom. The van der Waals surface area contributed by atoms with Gasteiger partial charge in [0.25, 0.3) is 5.91 Å². The highest BCUT2D eigenvalue weighted by Gasteiger charge is 2.27. The molecule has 0 aliphatic heterocycles. The number of hydrogen-bond acceptors (Lipinski definition) is 3. The standard InChI is InChI=1S/C24H29BrCl2N2O3/c1-5-15(3)28-24(31)16(4)29(13-18-7-9-20(26)21(27)12-18)23(30)14-32-22-10-8-17(6-2)11-19(22)25/h7-12,15-16H,5-6,13-14H2,1-4H3,(H,28,31)/t15-,16-/m0/s1. The molecule has 0 saturated heterocycles. The summed E-state index contributed by atoms with van der Waals surface area (Å²) in [5.74, 6) is 0.0392. The first-order chi connectivity index (χ1) is 15.2. The van der Waals surface area contributed by atoms with E-state index < -0.39 is 6.04 Å². The molecule has 0 heterocycles. The van der Waals surface area contributed by atoms with Crippen LogP contribution in [-0.4, -0.2) is 35.4 Å². The molecule has 0 aliphatic rings. The fourth-order valence-corrected chi connectivity index (χ4v) is 3.85. The second-order valence-electron chi connectivity index (χ2n) is 7.67. The first-order valence-corrected chi connectivity index (χ1v) is 12.2. The van der Waals surface area contributed by atoms with Gasteiger partial charge in [-0.05, 0) is 78.0 Å². The van der Waals surface area contributed by atoms with Gasteiger partial charge in [-0.3, -0.25) is 9.59 Å². The van der Waals surface area contributed by atoms with Crippen LogP contribution in [0.15, 0.2) is 40.9 Å². The fraction of sp³-hybridized carbons (Fsp3) is 0.417. The lowest BCUT2D eigenvalue weighted by atomic mass is 10.1. The van der Waals surface area contributed by atoms with Gasteiger partial charge in [-0.2, -0.15) is 0 Å². The van der Waals surface area contributed by atoms with E-state index >= 15 is 0 Å². The van der Waals surface area contributed by atoms with Crippen LogP contribution in [0.25, 0.3) is 0 Å². The Kier molecular flexibility index (Phi) is 10.3. The van der Waals surface area contributed by atoms with Crippen molar-refractivity contribution >= 4 is 50.9 Å². The number of aryl methyl sites for hydroxylation is 1. The topological polar surface area (TPSA) is 58.6 Å². The molecule has 0 fully saturated rings. The number of rotatable bonds is 10. The fourth-order valence-electron chi connectivity index (χ4n) is 2.99. The van der Waals surface area contributed by atoms with E-state index in [2.05, 4.69) is 28.2 Å². The summed E-state index contributed by atoms with van der Waals surface area (Å²) >= 11 is 15.7. The summed E-state index contributed by atoms with van der Waals surface area (Å²) < 4.78 is 6.56. The average Bonchev–Trinajstić information content (AvgIpc) is 2.77. The first kappa shape index (κ1) is 26.5. The van der Waals surface area contributed by atoms with Crippen molar-refractivity contribution in [1.82, 2.24) is 10.2 Å². The van der Waals surface area contributed by atoms with Gasteiger partial charge in [-0.1, -0.05) is 49.2 Å². The predicted molar refractivity (Wildman–Crippen MR) is 133 cm³/mol. The molecule has 2 aromatic rings. The van der Waals surface area contributed by atoms with Crippen molar-refractivity contribution < 1.29 is 14.3 Å². The van der Waals surface area contributed by atoms with Crippen molar-refractivity contribution in [1.29, 1.82) is 0 Å². The molecule has 0 radical (unpaired) electrons. The molecule has 8 heteroatoms. The molecule has 0 unspecified atom stereocenters. The van der Waals surface area contributed by atoms with Crippen LogP contribution in [0.2, 0.25) is 10.0 Å². The zero-order valence-corrected chi connectivity index (χ0v) is 21.9. The predicted octanol–water partition coefficient (Wildman–Crippen LogP) is 6.03. The van der Waals surface area contributed by atoms with Crippen LogP contribution >= 0.6 is 39.1 Å². The molecular formula is C24H29BrCl2N2O3. The average molecular weight is 544 g/mol. The van der Waals surface area contributed by atoms with Crippen LogP contribution in [0.3, 0.4) is 0 Å². The largest absolute Gasteiger partial charge is 0.483 e. The van der Waals surface area contributed by atoms with Crippen LogP contribution in [0.1, 0.15) is 45.2 Å². The minimum Gasteiger partial charge on any atom is -0.483 e. The van der Waals surface area contributed by atoms with Crippen molar-refractivity contribution in [2.75, 3.05) is 6.61 Å². The minimum absolute atomic E-state index is 0.0103. The Balaban J connectivity index is 2.20. The van der Waals surface area contributed by atoms with Crippen LogP contribution in [0.4, 0.5) is 0 Å². The van der Waals surface area contributed by atoms with Crippen molar-refractivity contribution in [2.45, 2.75) is 59.2 Å². The Labute approximate surface area is 208 Å². The number of nitrogens with zero attached hydrogens (tertiary/aromatic N) is 1. The zero-order valence-electron chi connectivity index (χ0n) is 18.8. The third-order valence-corrected chi connectivity index (χ3v) is 6.62. The number of ether oxygens (including phenoxy) is 1. The second-order valence-corrected chi connectivity index (χ2v) is 9.34. The molecule has 2 aromatic carbocycles. The molecule has 174 valence electrons. The SMILES string of the molecule is CCc1ccc(OCC(=O)N(Cc2ccc(Cl)c(Cl)c2)[C@@H](C)C(=O)N[C@@H](C)CC)c(Br)c1. The summed E-state index contributed by atoms with van der Waals surface area (Å²) in [6, 6.07) is 10.2. The van der Waals surface area contributed by atoms with Crippen LogP contribution < -0.4 is 10.1 Å². The summed E-state index contributed by atoms with van der Waals surface area (Å²) in [5.41, 5.74) is 1.93. The third-order valence-electron chi connectivity index (χ3n) is 5.26. The number of hydrogen-bond donors (Lipinski definition) is 1. The van der Waals surface area contributed by atoms with Gasteiger partial charge in [0.15, 0.2) is 6.61 Å². The molecule has 2 amide bonds. The van der Waals surface area contributed by atoms with Crippen LogP contribution in [0, 0.1) is 0 Å². The van der Waals surface area contributed by atoms with E-state index in [0.717, 1.165) is 28.4 Å². The Bertz CT molecular complexity index is 955. The lowest BCUT2D eigenvalue weighted by molar-refractivity contribution is -0.142. The Hall–Kier alpha value is -1.76. The molecule has 2 rings (SSSR count). The van der Waals surface area contributed by atoms with E-state index in [1.54, 1.807) is 25.1 Å². The maximum Gasteiger partial charge on any atom is 0.261 e. The number of amides is 2. The molecule has 32 heavy (non-hydrogen) atoms. The summed E-state index contributed by atoms with van der Waals surface area (Å²) in [6.07, 6.45) is 1.70. The first-order valence-electron chi connectivity index (χ1n) is 10.6.